The molecule has 0 spiro atoms. The molecule has 1 aromatic carbocycles. The molecular weight excluding hydrogens is 414 g/mol. The average molecular weight is 446 g/mol. The van der Waals surface area contributed by atoms with Gasteiger partial charge in [0.2, 0.25) is 0 Å². The number of aromatic nitrogens is 2. The van der Waals surface area contributed by atoms with Gasteiger partial charge in [-0.2, -0.15) is 0 Å². The number of carbonyl (C=O) groups excluding carboxylic acids is 1. The summed E-state index contributed by atoms with van der Waals surface area (Å²) in [4.78, 5) is 26.5. The van der Waals surface area contributed by atoms with Crippen molar-refractivity contribution in [3.8, 4) is 11.3 Å². The van der Waals surface area contributed by atoms with E-state index in [4.69, 9.17) is 14.4 Å². The van der Waals surface area contributed by atoms with Gasteiger partial charge in [-0.3, -0.25) is 9.69 Å². The molecule has 33 heavy (non-hydrogen) atoms. The standard InChI is InChI=1S/C26H31N5O2/c1-17-28-23(18-6-8-20(9-7-18)30(2)3)14-24(29-17)22-16-31-11-10-19(22)13-21(31)15-27-26(32)25-5-4-12-33-25/h4-9,12,14,19,21-22H,10-11,13,15-16H2,1-3H3,(H,27,32)/t19-,21+,22+/m0/s1. The zero-order valence-corrected chi connectivity index (χ0v) is 19.5. The maximum atomic E-state index is 12.3. The molecule has 3 fully saturated rings. The Morgan fingerprint density at radius 3 is 2.70 bits per heavy atom. The van der Waals surface area contributed by atoms with E-state index in [1.807, 2.05) is 21.0 Å². The summed E-state index contributed by atoms with van der Waals surface area (Å²) >= 11 is 0. The Morgan fingerprint density at radius 1 is 1.21 bits per heavy atom. The van der Waals surface area contributed by atoms with Crippen molar-refractivity contribution < 1.29 is 9.21 Å². The fourth-order valence-corrected chi connectivity index (χ4v) is 5.25. The number of rotatable bonds is 6. The number of nitrogens with zero attached hydrogens (tertiary/aromatic N) is 4. The van der Waals surface area contributed by atoms with E-state index in [0.29, 0.717) is 30.2 Å². The van der Waals surface area contributed by atoms with Crippen molar-refractivity contribution in [3.05, 3.63) is 66.0 Å². The lowest BCUT2D eigenvalue weighted by atomic mass is 9.74. The Labute approximate surface area is 194 Å². The number of aryl methyl sites for hydroxylation is 1. The normalized spacial score (nSPS) is 24.0. The van der Waals surface area contributed by atoms with Gasteiger partial charge < -0.3 is 14.6 Å². The Bertz CT molecular complexity index is 1110. The zero-order valence-electron chi connectivity index (χ0n) is 19.5. The van der Waals surface area contributed by atoms with E-state index in [1.165, 1.54) is 18.4 Å². The van der Waals surface area contributed by atoms with Crippen LogP contribution < -0.4 is 10.2 Å². The summed E-state index contributed by atoms with van der Waals surface area (Å²) in [6.45, 7) is 4.68. The van der Waals surface area contributed by atoms with Gasteiger partial charge in [-0.25, -0.2) is 9.97 Å². The molecule has 0 aliphatic carbocycles. The number of carbonyl (C=O) groups is 1. The average Bonchev–Trinajstić information content (AvgIpc) is 3.38. The second-order valence-corrected chi connectivity index (χ2v) is 9.39. The Morgan fingerprint density at radius 2 is 2.03 bits per heavy atom. The van der Waals surface area contributed by atoms with Crippen LogP contribution in [0.4, 0.5) is 5.69 Å². The zero-order chi connectivity index (χ0) is 22.9. The van der Waals surface area contributed by atoms with E-state index in [1.54, 1.807) is 12.1 Å². The number of benzene rings is 1. The number of anilines is 1. The minimum absolute atomic E-state index is 0.143. The largest absolute Gasteiger partial charge is 0.459 e. The molecule has 2 aromatic heterocycles. The molecular formula is C26H31N5O2. The molecule has 1 amide bonds. The summed E-state index contributed by atoms with van der Waals surface area (Å²) in [5.41, 5.74) is 4.42. The highest BCUT2D eigenvalue weighted by Gasteiger charge is 2.41. The summed E-state index contributed by atoms with van der Waals surface area (Å²) < 4.78 is 5.21. The van der Waals surface area contributed by atoms with Crippen molar-refractivity contribution >= 4 is 11.6 Å². The third kappa shape index (κ3) is 4.50. The lowest BCUT2D eigenvalue weighted by Crippen LogP contribution is -2.56. The monoisotopic (exact) mass is 445 g/mol. The van der Waals surface area contributed by atoms with Gasteiger partial charge in [0.1, 0.15) is 5.82 Å². The van der Waals surface area contributed by atoms with Gasteiger partial charge in [0.05, 0.1) is 12.0 Å². The lowest BCUT2D eigenvalue weighted by molar-refractivity contribution is 0.0288. The number of piperidine rings is 3. The third-order valence-electron chi connectivity index (χ3n) is 7.04. The molecule has 0 saturated carbocycles. The number of fused-ring (bicyclic) bond motifs is 3. The van der Waals surface area contributed by atoms with Crippen molar-refractivity contribution in [1.29, 1.82) is 0 Å². The molecule has 0 radical (unpaired) electrons. The van der Waals surface area contributed by atoms with Crippen LogP contribution in [0.2, 0.25) is 0 Å². The third-order valence-corrected chi connectivity index (χ3v) is 7.04. The van der Waals surface area contributed by atoms with E-state index in [2.05, 4.69) is 45.4 Å². The van der Waals surface area contributed by atoms with Gasteiger partial charge in [-0.1, -0.05) is 12.1 Å². The van der Waals surface area contributed by atoms with Gasteiger partial charge in [0, 0.05) is 56.1 Å². The molecule has 4 atom stereocenters. The van der Waals surface area contributed by atoms with E-state index in [0.717, 1.165) is 42.3 Å². The molecule has 3 aromatic rings. The molecule has 3 aliphatic heterocycles. The van der Waals surface area contributed by atoms with E-state index < -0.39 is 0 Å². The highest BCUT2D eigenvalue weighted by molar-refractivity contribution is 5.91. The molecule has 3 saturated heterocycles. The summed E-state index contributed by atoms with van der Waals surface area (Å²) in [6.07, 6.45) is 3.77. The highest BCUT2D eigenvalue weighted by atomic mass is 16.3. The van der Waals surface area contributed by atoms with Gasteiger partial charge in [0.15, 0.2) is 5.76 Å². The van der Waals surface area contributed by atoms with Crippen molar-refractivity contribution in [2.45, 2.75) is 31.7 Å². The number of nitrogens with one attached hydrogen (secondary N) is 1. The van der Waals surface area contributed by atoms with Crippen LogP contribution in [0, 0.1) is 12.8 Å². The predicted molar refractivity (Wildman–Crippen MR) is 128 cm³/mol. The maximum Gasteiger partial charge on any atom is 0.287 e. The van der Waals surface area contributed by atoms with Crippen molar-refractivity contribution in [3.63, 3.8) is 0 Å². The Kier molecular flexibility index (Phi) is 5.89. The molecule has 5 heterocycles. The second-order valence-electron chi connectivity index (χ2n) is 9.39. The first kappa shape index (κ1) is 21.6. The number of hydrogen-bond acceptors (Lipinski definition) is 6. The smallest absolute Gasteiger partial charge is 0.287 e. The van der Waals surface area contributed by atoms with Crippen molar-refractivity contribution in [1.82, 2.24) is 20.2 Å². The molecule has 1 unspecified atom stereocenters. The molecule has 3 aliphatic rings. The van der Waals surface area contributed by atoms with Gasteiger partial charge in [0.25, 0.3) is 5.91 Å². The van der Waals surface area contributed by atoms with E-state index >= 15 is 0 Å². The van der Waals surface area contributed by atoms with E-state index in [-0.39, 0.29) is 5.91 Å². The first-order valence-electron chi connectivity index (χ1n) is 11.7. The molecule has 172 valence electrons. The number of amides is 1. The topological polar surface area (TPSA) is 74.5 Å². The fraction of sp³-hybridized carbons (Fsp3) is 0.423. The van der Waals surface area contributed by atoms with Crippen LogP contribution in [-0.2, 0) is 0 Å². The van der Waals surface area contributed by atoms with E-state index in [9.17, 15) is 4.79 Å². The summed E-state index contributed by atoms with van der Waals surface area (Å²) in [7, 11) is 4.09. The van der Waals surface area contributed by atoms with Gasteiger partial charge >= 0.3 is 0 Å². The van der Waals surface area contributed by atoms with Crippen molar-refractivity contribution in [2.75, 3.05) is 38.6 Å². The van der Waals surface area contributed by atoms with Gasteiger partial charge in [-0.05, 0) is 62.6 Å². The highest BCUT2D eigenvalue weighted by Crippen LogP contribution is 2.41. The minimum atomic E-state index is -0.143. The quantitative estimate of drug-likeness (QED) is 0.623. The van der Waals surface area contributed by atoms with Crippen LogP contribution in [0.15, 0.2) is 53.1 Å². The molecule has 6 rings (SSSR count). The first-order chi connectivity index (χ1) is 16.0. The number of hydrogen-bond donors (Lipinski definition) is 1. The molecule has 2 bridgehead atoms. The minimum Gasteiger partial charge on any atom is -0.459 e. The van der Waals surface area contributed by atoms with Gasteiger partial charge in [-0.15, -0.1) is 0 Å². The number of furan rings is 1. The molecule has 7 heteroatoms. The van der Waals surface area contributed by atoms with Crippen molar-refractivity contribution in [2.24, 2.45) is 5.92 Å². The van der Waals surface area contributed by atoms with Crippen LogP contribution in [0.5, 0.6) is 0 Å². The maximum absolute atomic E-state index is 12.3. The predicted octanol–water partition coefficient (Wildman–Crippen LogP) is 3.72. The summed E-state index contributed by atoms with van der Waals surface area (Å²) in [5, 5.41) is 3.04. The fourth-order valence-electron chi connectivity index (χ4n) is 5.25. The summed E-state index contributed by atoms with van der Waals surface area (Å²) in [6, 6.07) is 14.5. The SMILES string of the molecule is Cc1nc(-c2ccc(N(C)C)cc2)cc([C@@H]2CN3CC[C@H]2C[C@@H]3CNC(=O)c2ccco2)n1. The van der Waals surface area contributed by atoms with Crippen LogP contribution in [0.3, 0.4) is 0 Å². The van der Waals surface area contributed by atoms with Crippen LogP contribution in [0.25, 0.3) is 11.3 Å². The molecule has 1 N–H and O–H groups in total. The Balaban J connectivity index is 1.29. The first-order valence-corrected chi connectivity index (χ1v) is 11.7. The second kappa shape index (κ2) is 8.98. The Hall–Kier alpha value is -3.19. The van der Waals surface area contributed by atoms with Crippen LogP contribution in [-0.4, -0.2) is 60.5 Å². The van der Waals surface area contributed by atoms with Crippen LogP contribution in [0.1, 0.15) is 40.8 Å². The summed E-state index contributed by atoms with van der Waals surface area (Å²) in [5.74, 6) is 2.01. The molecule has 7 nitrogen and oxygen atoms in total. The van der Waals surface area contributed by atoms with Crippen LogP contribution >= 0.6 is 0 Å². The lowest BCUT2D eigenvalue weighted by Gasteiger charge is -2.49.